The Morgan fingerprint density at radius 2 is 2.26 bits per heavy atom. The highest BCUT2D eigenvalue weighted by molar-refractivity contribution is 5.85. The van der Waals surface area contributed by atoms with E-state index in [-0.39, 0.29) is 30.7 Å². The number of likely N-dealkylation sites (N-methyl/N-ethyl adjacent to an activating group) is 1. The van der Waals surface area contributed by atoms with Gasteiger partial charge in [-0.3, -0.25) is 4.79 Å². The van der Waals surface area contributed by atoms with Crippen molar-refractivity contribution in [1.82, 2.24) is 19.8 Å². The predicted molar refractivity (Wildman–Crippen MR) is 80.0 cm³/mol. The number of carbonyl (C=O) groups is 1. The van der Waals surface area contributed by atoms with Crippen molar-refractivity contribution in [3.8, 4) is 0 Å². The summed E-state index contributed by atoms with van der Waals surface area (Å²) >= 11 is 0. The standard InChI is InChI=1S/C12H20N4O.2ClH/c1-13-9-11-3-2-6-16(11)12(17)4-7-15-8-5-14-10-15;;/h5,8,10-11,13H,2-4,6-7,9H2,1H3;2*1H. The summed E-state index contributed by atoms with van der Waals surface area (Å²) in [5.74, 6) is 0.261. The summed E-state index contributed by atoms with van der Waals surface area (Å²) < 4.78 is 1.95. The third-order valence-corrected chi connectivity index (χ3v) is 3.28. The van der Waals surface area contributed by atoms with Crippen molar-refractivity contribution < 1.29 is 4.79 Å². The SMILES string of the molecule is CNCC1CCCN1C(=O)CCn1ccnc1.Cl.Cl. The number of hydrogen-bond donors (Lipinski definition) is 1. The summed E-state index contributed by atoms with van der Waals surface area (Å²) in [6.07, 6.45) is 8.20. The summed E-state index contributed by atoms with van der Waals surface area (Å²) in [4.78, 5) is 18.1. The molecule has 5 nitrogen and oxygen atoms in total. The van der Waals surface area contributed by atoms with Crippen molar-refractivity contribution >= 4 is 30.7 Å². The van der Waals surface area contributed by atoms with Crippen molar-refractivity contribution in [3.63, 3.8) is 0 Å². The number of likely N-dealkylation sites (tertiary alicyclic amines) is 1. The molecule has 110 valence electrons. The van der Waals surface area contributed by atoms with Gasteiger partial charge in [-0.25, -0.2) is 4.98 Å². The van der Waals surface area contributed by atoms with Crippen LogP contribution in [-0.4, -0.2) is 46.5 Å². The molecule has 0 aromatic carbocycles. The fourth-order valence-electron chi connectivity index (χ4n) is 2.40. The lowest BCUT2D eigenvalue weighted by Gasteiger charge is -2.24. The lowest BCUT2D eigenvalue weighted by Crippen LogP contribution is -2.41. The number of imidazole rings is 1. The molecule has 19 heavy (non-hydrogen) atoms. The Balaban J connectivity index is 0.00000162. The first kappa shape index (κ1) is 18.2. The Morgan fingerprint density at radius 3 is 2.89 bits per heavy atom. The van der Waals surface area contributed by atoms with E-state index in [2.05, 4.69) is 10.3 Å². The summed E-state index contributed by atoms with van der Waals surface area (Å²) in [5.41, 5.74) is 0. The van der Waals surface area contributed by atoms with Gasteiger partial charge in [0.2, 0.25) is 5.91 Å². The fraction of sp³-hybridized carbons (Fsp3) is 0.667. The number of halogens is 2. The first-order valence-corrected chi connectivity index (χ1v) is 6.21. The van der Waals surface area contributed by atoms with E-state index >= 15 is 0 Å². The van der Waals surface area contributed by atoms with Gasteiger partial charge in [0.25, 0.3) is 0 Å². The molecule has 1 fully saturated rings. The molecule has 0 aliphatic carbocycles. The Bertz CT molecular complexity index is 359. The molecular weight excluding hydrogens is 287 g/mol. The van der Waals surface area contributed by atoms with Gasteiger partial charge < -0.3 is 14.8 Å². The van der Waals surface area contributed by atoms with Crippen LogP contribution < -0.4 is 5.32 Å². The molecule has 2 rings (SSSR count). The highest BCUT2D eigenvalue weighted by atomic mass is 35.5. The van der Waals surface area contributed by atoms with E-state index in [1.54, 1.807) is 12.5 Å². The van der Waals surface area contributed by atoms with E-state index in [1.165, 1.54) is 0 Å². The number of amides is 1. The Hall–Kier alpha value is -0.780. The zero-order chi connectivity index (χ0) is 12.1. The van der Waals surface area contributed by atoms with Crippen molar-refractivity contribution in [2.45, 2.75) is 31.8 Å². The zero-order valence-corrected chi connectivity index (χ0v) is 12.8. The third kappa shape index (κ3) is 5.01. The van der Waals surface area contributed by atoms with E-state index < -0.39 is 0 Å². The van der Waals surface area contributed by atoms with Crippen molar-refractivity contribution in [1.29, 1.82) is 0 Å². The second-order valence-electron chi connectivity index (χ2n) is 4.49. The van der Waals surface area contributed by atoms with Crippen molar-refractivity contribution in [3.05, 3.63) is 18.7 Å². The topological polar surface area (TPSA) is 50.2 Å². The van der Waals surface area contributed by atoms with Gasteiger partial charge >= 0.3 is 0 Å². The quantitative estimate of drug-likeness (QED) is 0.893. The van der Waals surface area contributed by atoms with Gasteiger partial charge in [0, 0.05) is 44.5 Å². The van der Waals surface area contributed by atoms with Crippen LogP contribution in [0.5, 0.6) is 0 Å². The van der Waals surface area contributed by atoms with Crippen LogP contribution in [-0.2, 0) is 11.3 Å². The number of rotatable bonds is 5. The van der Waals surface area contributed by atoms with Crippen LogP contribution in [0.3, 0.4) is 0 Å². The molecule has 0 saturated carbocycles. The van der Waals surface area contributed by atoms with Gasteiger partial charge in [-0.05, 0) is 19.9 Å². The first-order valence-electron chi connectivity index (χ1n) is 6.21. The Morgan fingerprint density at radius 1 is 1.47 bits per heavy atom. The summed E-state index contributed by atoms with van der Waals surface area (Å²) in [6.45, 7) is 2.54. The molecule has 1 N–H and O–H groups in total. The van der Waals surface area contributed by atoms with Gasteiger partial charge in [-0.15, -0.1) is 24.8 Å². The second-order valence-corrected chi connectivity index (χ2v) is 4.49. The van der Waals surface area contributed by atoms with Gasteiger partial charge in [-0.1, -0.05) is 0 Å². The minimum absolute atomic E-state index is 0. The monoisotopic (exact) mass is 308 g/mol. The van der Waals surface area contributed by atoms with Gasteiger partial charge in [-0.2, -0.15) is 0 Å². The zero-order valence-electron chi connectivity index (χ0n) is 11.1. The largest absolute Gasteiger partial charge is 0.338 e. The average Bonchev–Trinajstić information content (AvgIpc) is 2.97. The molecule has 1 saturated heterocycles. The number of aromatic nitrogens is 2. The van der Waals surface area contributed by atoms with Gasteiger partial charge in [0.05, 0.1) is 6.33 Å². The summed E-state index contributed by atoms with van der Waals surface area (Å²) in [7, 11) is 1.94. The summed E-state index contributed by atoms with van der Waals surface area (Å²) in [5, 5.41) is 3.16. The maximum Gasteiger partial charge on any atom is 0.224 e. The maximum absolute atomic E-state index is 12.1. The number of nitrogens with zero attached hydrogens (tertiary/aromatic N) is 3. The molecule has 1 amide bonds. The normalized spacial score (nSPS) is 17.7. The molecule has 1 aliphatic heterocycles. The van der Waals surface area contributed by atoms with E-state index in [9.17, 15) is 4.79 Å². The van der Waals surface area contributed by atoms with Crippen LogP contribution in [0.25, 0.3) is 0 Å². The molecule has 1 aromatic rings. The lowest BCUT2D eigenvalue weighted by atomic mass is 10.2. The molecule has 0 spiro atoms. The van der Waals surface area contributed by atoms with E-state index in [4.69, 9.17) is 0 Å². The van der Waals surface area contributed by atoms with E-state index in [1.807, 2.05) is 22.7 Å². The maximum atomic E-state index is 12.1. The number of hydrogen-bond acceptors (Lipinski definition) is 3. The number of nitrogens with one attached hydrogen (secondary N) is 1. The smallest absolute Gasteiger partial charge is 0.224 e. The molecule has 0 bridgehead atoms. The van der Waals surface area contributed by atoms with Gasteiger partial charge in [0.1, 0.15) is 0 Å². The highest BCUT2D eigenvalue weighted by Crippen LogP contribution is 2.17. The van der Waals surface area contributed by atoms with Crippen LogP contribution in [0.1, 0.15) is 19.3 Å². The molecule has 1 unspecified atom stereocenters. The highest BCUT2D eigenvalue weighted by Gasteiger charge is 2.27. The molecule has 2 heterocycles. The Kier molecular flexibility index (Phi) is 8.80. The van der Waals surface area contributed by atoms with Crippen LogP contribution >= 0.6 is 24.8 Å². The van der Waals surface area contributed by atoms with Crippen LogP contribution in [0.4, 0.5) is 0 Å². The Labute approximate surface area is 126 Å². The second kappa shape index (κ2) is 9.18. The van der Waals surface area contributed by atoms with E-state index in [0.717, 1.165) is 32.5 Å². The minimum Gasteiger partial charge on any atom is -0.338 e. The lowest BCUT2D eigenvalue weighted by molar-refractivity contribution is -0.132. The number of carbonyl (C=O) groups excluding carboxylic acids is 1. The van der Waals surface area contributed by atoms with Crippen molar-refractivity contribution in [2.75, 3.05) is 20.1 Å². The summed E-state index contributed by atoms with van der Waals surface area (Å²) in [6, 6.07) is 0.385. The number of aryl methyl sites for hydroxylation is 1. The van der Waals surface area contributed by atoms with E-state index in [0.29, 0.717) is 12.5 Å². The molecule has 1 atom stereocenters. The fourth-order valence-corrected chi connectivity index (χ4v) is 2.40. The molecule has 7 heteroatoms. The molecule has 1 aliphatic rings. The molecular formula is C12H22Cl2N4O. The molecule has 0 radical (unpaired) electrons. The van der Waals surface area contributed by atoms with Crippen LogP contribution in [0, 0.1) is 0 Å². The first-order chi connectivity index (χ1) is 8.31. The van der Waals surface area contributed by atoms with Crippen LogP contribution in [0.15, 0.2) is 18.7 Å². The van der Waals surface area contributed by atoms with Gasteiger partial charge in [0.15, 0.2) is 0 Å². The molecule has 1 aromatic heterocycles. The average molecular weight is 309 g/mol. The predicted octanol–water partition coefficient (Wildman–Crippen LogP) is 1.33. The third-order valence-electron chi connectivity index (χ3n) is 3.28. The van der Waals surface area contributed by atoms with Crippen molar-refractivity contribution in [2.24, 2.45) is 0 Å². The minimum atomic E-state index is 0. The van der Waals surface area contributed by atoms with Crippen LogP contribution in [0.2, 0.25) is 0 Å².